The van der Waals surface area contributed by atoms with Gasteiger partial charge in [-0.3, -0.25) is 14.4 Å². The highest BCUT2D eigenvalue weighted by Crippen LogP contribution is 2.36. The molecule has 0 aromatic rings. The summed E-state index contributed by atoms with van der Waals surface area (Å²) in [5, 5.41) is 5.37. The van der Waals surface area contributed by atoms with Gasteiger partial charge in [-0.2, -0.15) is 13.1 Å². The molecule has 2 atom stereocenters. The van der Waals surface area contributed by atoms with E-state index in [1.807, 2.05) is 4.72 Å². The van der Waals surface area contributed by atoms with E-state index >= 15 is 0 Å². The predicted octanol–water partition coefficient (Wildman–Crippen LogP) is 2.02. The highest BCUT2D eigenvalue weighted by Gasteiger charge is 2.53. The van der Waals surface area contributed by atoms with Crippen molar-refractivity contribution in [2.24, 2.45) is 0 Å². The van der Waals surface area contributed by atoms with Crippen molar-refractivity contribution in [1.29, 1.82) is 0 Å². The zero-order valence-electron chi connectivity index (χ0n) is 23.6. The first-order valence-electron chi connectivity index (χ1n) is 13.8. The number of nitrogens with one attached hydrogen (secondary N) is 4. The monoisotopic (exact) mass is 571 g/mol. The third-order valence-electron chi connectivity index (χ3n) is 6.62. The van der Waals surface area contributed by atoms with Gasteiger partial charge >= 0.3 is 16.3 Å². The van der Waals surface area contributed by atoms with E-state index in [1.54, 1.807) is 20.8 Å². The van der Waals surface area contributed by atoms with Crippen molar-refractivity contribution in [3.05, 3.63) is 12.7 Å². The molecule has 1 saturated carbocycles. The molecule has 1 aliphatic carbocycles. The highest BCUT2D eigenvalue weighted by atomic mass is 32.2. The lowest BCUT2D eigenvalue weighted by Gasteiger charge is -2.30. The molecule has 4 amide bonds. The van der Waals surface area contributed by atoms with Crippen LogP contribution in [0.25, 0.3) is 0 Å². The van der Waals surface area contributed by atoms with Crippen LogP contribution in [0.3, 0.4) is 0 Å². The van der Waals surface area contributed by atoms with Gasteiger partial charge < -0.3 is 20.3 Å². The first-order chi connectivity index (χ1) is 18.2. The summed E-state index contributed by atoms with van der Waals surface area (Å²) in [7, 11) is -4.10. The van der Waals surface area contributed by atoms with Crippen molar-refractivity contribution in [3.63, 3.8) is 0 Å². The summed E-state index contributed by atoms with van der Waals surface area (Å²) in [6.45, 7) is 11.0. The van der Waals surface area contributed by atoms with Crippen LogP contribution < -0.4 is 20.1 Å². The fourth-order valence-corrected chi connectivity index (χ4v) is 5.29. The molecule has 13 heteroatoms. The Bertz CT molecular complexity index is 1000. The smallest absolute Gasteiger partial charge is 0.408 e. The second kappa shape index (κ2) is 14.1. The summed E-state index contributed by atoms with van der Waals surface area (Å²) in [6.07, 6.45) is 7.43. The van der Waals surface area contributed by atoms with Gasteiger partial charge in [0.05, 0.1) is 0 Å². The third-order valence-corrected chi connectivity index (χ3v) is 7.62. The van der Waals surface area contributed by atoms with E-state index < -0.39 is 51.3 Å². The summed E-state index contributed by atoms with van der Waals surface area (Å²) in [4.78, 5) is 53.5. The van der Waals surface area contributed by atoms with Gasteiger partial charge in [0.2, 0.25) is 11.8 Å². The number of hydrogen-bond acceptors (Lipinski definition) is 7. The molecule has 0 bridgehead atoms. The van der Waals surface area contributed by atoms with Crippen molar-refractivity contribution in [2.45, 2.75) is 115 Å². The molecule has 12 nitrogen and oxygen atoms in total. The van der Waals surface area contributed by atoms with E-state index in [2.05, 4.69) is 28.9 Å². The molecule has 0 aromatic heterocycles. The number of unbranched alkanes of at least 4 members (excludes halogenated alkanes) is 4. The maximum Gasteiger partial charge on any atom is 0.408 e. The molecule has 0 aromatic carbocycles. The van der Waals surface area contributed by atoms with Gasteiger partial charge in [0.25, 0.3) is 5.91 Å². The van der Waals surface area contributed by atoms with Crippen LogP contribution in [0.5, 0.6) is 0 Å². The lowest BCUT2D eigenvalue weighted by atomic mass is 10.0. The van der Waals surface area contributed by atoms with E-state index in [9.17, 15) is 27.6 Å². The minimum Gasteiger partial charge on any atom is -0.444 e. The highest BCUT2D eigenvalue weighted by molar-refractivity contribution is 7.88. The average molecular weight is 572 g/mol. The Morgan fingerprint density at radius 1 is 1.13 bits per heavy atom. The van der Waals surface area contributed by atoms with E-state index in [-0.39, 0.29) is 25.3 Å². The summed E-state index contributed by atoms with van der Waals surface area (Å²) in [5.41, 5.74) is -2.08. The summed E-state index contributed by atoms with van der Waals surface area (Å²) in [6, 6.07) is -1.68. The Morgan fingerprint density at radius 2 is 1.79 bits per heavy atom. The molecule has 2 rings (SSSR count). The molecule has 39 heavy (non-hydrogen) atoms. The number of hydrogen-bond donors (Lipinski definition) is 4. The van der Waals surface area contributed by atoms with Gasteiger partial charge in [-0.25, -0.2) is 9.52 Å². The molecule has 0 unspecified atom stereocenters. The first kappa shape index (κ1) is 32.5. The van der Waals surface area contributed by atoms with Crippen molar-refractivity contribution in [1.82, 2.24) is 25.0 Å². The van der Waals surface area contributed by atoms with Crippen molar-refractivity contribution in [2.75, 3.05) is 13.1 Å². The zero-order chi connectivity index (χ0) is 29.3. The lowest BCUT2D eigenvalue weighted by molar-refractivity contribution is -0.141. The number of ether oxygens (including phenoxy) is 1. The van der Waals surface area contributed by atoms with E-state index in [1.165, 1.54) is 11.0 Å². The second-order valence-corrected chi connectivity index (χ2v) is 12.7. The van der Waals surface area contributed by atoms with Crippen molar-refractivity contribution in [3.8, 4) is 0 Å². The number of likely N-dealkylation sites (tertiary alicyclic amines) is 1. The minimum atomic E-state index is -4.10. The van der Waals surface area contributed by atoms with Gasteiger partial charge in [0.1, 0.15) is 23.2 Å². The van der Waals surface area contributed by atoms with Crippen LogP contribution in [0, 0.1) is 0 Å². The van der Waals surface area contributed by atoms with Crippen LogP contribution in [0.4, 0.5) is 4.79 Å². The van der Waals surface area contributed by atoms with E-state index in [4.69, 9.17) is 4.74 Å². The molecular formula is C26H45N5O7S. The fourth-order valence-electron chi connectivity index (χ4n) is 4.44. The minimum absolute atomic E-state index is 0.0573. The number of amides is 4. The van der Waals surface area contributed by atoms with Crippen LogP contribution in [0.2, 0.25) is 0 Å². The second-order valence-electron chi connectivity index (χ2n) is 11.2. The van der Waals surface area contributed by atoms with Gasteiger partial charge in [0, 0.05) is 13.1 Å². The number of nitrogens with zero attached hydrogens (tertiary/aromatic N) is 1. The summed E-state index contributed by atoms with van der Waals surface area (Å²) >= 11 is 0. The van der Waals surface area contributed by atoms with E-state index in [0.29, 0.717) is 25.8 Å². The van der Waals surface area contributed by atoms with Crippen molar-refractivity contribution >= 4 is 34.0 Å². The van der Waals surface area contributed by atoms with Gasteiger partial charge in [-0.15, -0.1) is 6.58 Å². The molecule has 1 aliphatic heterocycles. The quantitative estimate of drug-likeness (QED) is 0.173. The Morgan fingerprint density at radius 3 is 2.38 bits per heavy atom. The summed E-state index contributed by atoms with van der Waals surface area (Å²) in [5.74, 6) is -1.73. The Labute approximate surface area is 232 Å². The normalized spacial score (nSPS) is 19.1. The zero-order valence-corrected chi connectivity index (χ0v) is 24.5. The molecular weight excluding hydrogens is 526 g/mol. The molecule has 4 N–H and O–H groups in total. The fraction of sp³-hybridized carbons (Fsp3) is 0.769. The largest absolute Gasteiger partial charge is 0.444 e. The molecule has 2 aliphatic rings. The number of alkyl carbamates (subject to hydrolysis) is 1. The van der Waals surface area contributed by atoms with Crippen molar-refractivity contribution < 1.29 is 32.3 Å². The van der Waals surface area contributed by atoms with Crippen LogP contribution in [-0.2, 0) is 29.3 Å². The van der Waals surface area contributed by atoms with Gasteiger partial charge in [-0.05, 0) is 52.9 Å². The van der Waals surface area contributed by atoms with Gasteiger partial charge in [-0.1, -0.05) is 45.1 Å². The molecule has 1 saturated heterocycles. The Balaban J connectivity index is 2.08. The number of carbonyl (C=O) groups excluding carboxylic acids is 4. The number of carbonyl (C=O) groups is 4. The van der Waals surface area contributed by atoms with Gasteiger partial charge in [0.15, 0.2) is 0 Å². The molecule has 0 radical (unpaired) electrons. The number of rotatable bonds is 15. The first-order valence-corrected chi connectivity index (χ1v) is 15.3. The third kappa shape index (κ3) is 10.4. The SMILES string of the molecule is C=CCNS(=O)(=O)NC(=O)C1(NC(=O)[C@@H]2CCCN2C(=O)[C@H](CCCCCCC)NC(=O)OC(C)(C)C)CC1. The van der Waals surface area contributed by atoms with Crippen LogP contribution in [0.1, 0.15) is 91.9 Å². The average Bonchev–Trinajstić information content (AvgIpc) is 3.44. The Hall–Kier alpha value is -2.67. The maximum atomic E-state index is 13.6. The van der Waals surface area contributed by atoms with Crippen LogP contribution in [-0.4, -0.2) is 73.4 Å². The lowest BCUT2D eigenvalue weighted by Crippen LogP contribution is -2.58. The Kier molecular flexibility index (Phi) is 11.8. The predicted molar refractivity (Wildman–Crippen MR) is 147 cm³/mol. The van der Waals surface area contributed by atoms with Crippen LogP contribution >= 0.6 is 0 Å². The molecule has 1 heterocycles. The molecule has 2 fully saturated rings. The maximum absolute atomic E-state index is 13.6. The summed E-state index contributed by atoms with van der Waals surface area (Å²) < 4.78 is 33.6. The molecule has 0 spiro atoms. The molecule has 222 valence electrons. The van der Waals surface area contributed by atoms with Crippen LogP contribution in [0.15, 0.2) is 12.7 Å². The topological polar surface area (TPSA) is 163 Å². The van der Waals surface area contributed by atoms with E-state index in [0.717, 1.165) is 32.1 Å². The standard InChI is InChI=1S/C26H45N5O7S/c1-6-8-9-10-11-13-19(28-24(35)38-25(3,4)5)22(33)31-18-12-14-20(31)21(32)29-26(15-16-26)23(34)30-39(36,37)27-17-7-2/h7,19-20,27H,2,6,8-18H2,1,3-5H3,(H,28,35)(H,29,32)(H,30,34)/t19-,20-/m0/s1.